The molecular weight excluding hydrogens is 587 g/mol. The summed E-state index contributed by atoms with van der Waals surface area (Å²) < 4.78 is 6.10. The molecule has 0 aliphatic rings. The first kappa shape index (κ1) is 25.0. The van der Waals surface area contributed by atoms with Gasteiger partial charge in [-0.15, -0.1) is 22.7 Å². The Kier molecular flexibility index (Phi) is 5.32. The topological polar surface area (TPSA) is 30.7 Å². The Bertz CT molecular complexity index is 2750. The maximum absolute atomic E-state index is 5.42. The molecule has 0 saturated heterocycles. The van der Waals surface area contributed by atoms with Gasteiger partial charge in [-0.3, -0.25) is 4.57 Å². The lowest BCUT2D eigenvalue weighted by Crippen LogP contribution is -2.02. The van der Waals surface area contributed by atoms with Crippen LogP contribution in [0.2, 0.25) is 0 Å². The zero-order valence-corrected chi connectivity index (χ0v) is 25.6. The normalized spacial score (nSPS) is 12.0. The predicted molar refractivity (Wildman–Crippen MR) is 193 cm³/mol. The van der Waals surface area contributed by atoms with Crippen LogP contribution in [-0.2, 0) is 0 Å². The third kappa shape index (κ3) is 3.69. The Hall–Kier alpha value is -5.36. The second-order valence-corrected chi connectivity index (χ2v) is 13.5. The monoisotopic (exact) mass is 609 g/mol. The lowest BCUT2D eigenvalue weighted by atomic mass is 10.0. The Morgan fingerprint density at radius 2 is 1.07 bits per heavy atom. The molecule has 4 aromatic heterocycles. The van der Waals surface area contributed by atoms with Crippen LogP contribution in [0.3, 0.4) is 0 Å². The summed E-state index contributed by atoms with van der Waals surface area (Å²) in [5.74, 6) is 0.697. The largest absolute Gasteiger partial charge is 0.278 e. The molecule has 0 aliphatic carbocycles. The summed E-state index contributed by atoms with van der Waals surface area (Å²) in [7, 11) is 0. The molecular formula is C40H23N3S2. The fraction of sp³-hybridized carbons (Fsp3) is 0. The Labute approximate surface area is 266 Å². The van der Waals surface area contributed by atoms with Crippen molar-refractivity contribution in [2.75, 3.05) is 0 Å². The van der Waals surface area contributed by atoms with Crippen LogP contribution in [0.4, 0.5) is 0 Å². The molecule has 0 bridgehead atoms. The number of para-hydroxylation sites is 1. The summed E-state index contributed by atoms with van der Waals surface area (Å²) in [6.45, 7) is 0. The number of nitrogens with zero attached hydrogens (tertiary/aromatic N) is 3. The summed E-state index contributed by atoms with van der Waals surface area (Å²) in [6.07, 6.45) is 0. The average Bonchev–Trinajstić information content (AvgIpc) is 3.77. The number of thiophene rings is 2. The van der Waals surface area contributed by atoms with Crippen LogP contribution in [0.15, 0.2) is 140 Å². The van der Waals surface area contributed by atoms with Crippen LogP contribution in [0, 0.1) is 0 Å². The molecule has 6 aromatic carbocycles. The number of rotatable bonds is 3. The zero-order valence-electron chi connectivity index (χ0n) is 23.9. The van der Waals surface area contributed by atoms with Gasteiger partial charge in [-0.25, -0.2) is 9.97 Å². The van der Waals surface area contributed by atoms with Crippen molar-refractivity contribution in [1.29, 1.82) is 0 Å². The molecule has 210 valence electrons. The van der Waals surface area contributed by atoms with E-state index in [1.165, 1.54) is 52.2 Å². The van der Waals surface area contributed by atoms with Crippen molar-refractivity contribution >= 4 is 85.0 Å². The highest BCUT2D eigenvalue weighted by Crippen LogP contribution is 2.44. The molecule has 0 aliphatic heterocycles. The molecule has 0 saturated carbocycles. The average molecular weight is 610 g/mol. The fourth-order valence-corrected chi connectivity index (χ4v) is 9.15. The van der Waals surface area contributed by atoms with Crippen molar-refractivity contribution in [3.8, 4) is 28.3 Å². The highest BCUT2D eigenvalue weighted by atomic mass is 32.1. The van der Waals surface area contributed by atoms with Crippen molar-refractivity contribution in [2.45, 2.75) is 0 Å². The minimum atomic E-state index is 0.697. The van der Waals surface area contributed by atoms with Crippen LogP contribution >= 0.6 is 22.7 Å². The van der Waals surface area contributed by atoms with Crippen molar-refractivity contribution in [1.82, 2.24) is 14.5 Å². The highest BCUT2D eigenvalue weighted by Gasteiger charge is 2.21. The van der Waals surface area contributed by atoms with E-state index in [-0.39, 0.29) is 0 Å². The van der Waals surface area contributed by atoms with E-state index >= 15 is 0 Å². The fourth-order valence-electron chi connectivity index (χ4n) is 6.82. The molecule has 0 fully saturated rings. The zero-order chi connectivity index (χ0) is 29.5. The van der Waals surface area contributed by atoms with Gasteiger partial charge in [0.05, 0.1) is 16.7 Å². The molecule has 0 N–H and O–H groups in total. The van der Waals surface area contributed by atoms with E-state index in [0.29, 0.717) is 5.95 Å². The number of hydrogen-bond acceptors (Lipinski definition) is 4. The second kappa shape index (κ2) is 9.57. The molecule has 10 aromatic rings. The number of fused-ring (bicyclic) bond motifs is 10. The van der Waals surface area contributed by atoms with Crippen LogP contribution in [-0.4, -0.2) is 14.5 Å². The van der Waals surface area contributed by atoms with Gasteiger partial charge < -0.3 is 0 Å². The van der Waals surface area contributed by atoms with E-state index in [9.17, 15) is 0 Å². The summed E-state index contributed by atoms with van der Waals surface area (Å²) >= 11 is 3.60. The molecule has 0 spiro atoms. The third-order valence-electron chi connectivity index (χ3n) is 8.87. The third-order valence-corrected chi connectivity index (χ3v) is 11.1. The first-order valence-electron chi connectivity index (χ1n) is 15.0. The van der Waals surface area contributed by atoms with Gasteiger partial charge in [-0.1, -0.05) is 115 Å². The van der Waals surface area contributed by atoms with Crippen LogP contribution in [0.1, 0.15) is 0 Å². The molecule has 0 unspecified atom stereocenters. The predicted octanol–water partition coefficient (Wildman–Crippen LogP) is 11.6. The number of hydrogen-bond donors (Lipinski definition) is 0. The molecule has 45 heavy (non-hydrogen) atoms. The van der Waals surface area contributed by atoms with Crippen molar-refractivity contribution < 1.29 is 0 Å². The van der Waals surface area contributed by atoms with Gasteiger partial charge in [-0.05, 0) is 35.4 Å². The van der Waals surface area contributed by atoms with Gasteiger partial charge in [0.15, 0.2) is 0 Å². The van der Waals surface area contributed by atoms with Crippen molar-refractivity contribution in [2.24, 2.45) is 0 Å². The van der Waals surface area contributed by atoms with Crippen molar-refractivity contribution in [3.63, 3.8) is 0 Å². The lowest BCUT2D eigenvalue weighted by molar-refractivity contribution is 1.02. The van der Waals surface area contributed by atoms with E-state index in [0.717, 1.165) is 32.5 Å². The van der Waals surface area contributed by atoms with Crippen LogP contribution < -0.4 is 0 Å². The van der Waals surface area contributed by atoms with Crippen molar-refractivity contribution in [3.05, 3.63) is 140 Å². The van der Waals surface area contributed by atoms with Gasteiger partial charge in [0.1, 0.15) is 4.83 Å². The SMILES string of the molecule is c1ccc(-c2ccc(-c3nc(-n4c5ccccc5c5c6sc7ccccc7c6ccc54)nc4sc5ccccc5c34)cc2)cc1. The maximum atomic E-state index is 5.42. The summed E-state index contributed by atoms with van der Waals surface area (Å²) in [4.78, 5) is 11.7. The van der Waals surface area contributed by atoms with Gasteiger partial charge in [0.25, 0.3) is 0 Å². The molecule has 10 rings (SSSR count). The van der Waals surface area contributed by atoms with E-state index in [4.69, 9.17) is 9.97 Å². The molecule has 5 heteroatoms. The smallest absolute Gasteiger partial charge is 0.236 e. The molecule has 3 nitrogen and oxygen atoms in total. The lowest BCUT2D eigenvalue weighted by Gasteiger charge is -2.11. The van der Waals surface area contributed by atoms with E-state index in [1.807, 2.05) is 11.3 Å². The maximum Gasteiger partial charge on any atom is 0.236 e. The second-order valence-electron chi connectivity index (χ2n) is 11.4. The number of benzene rings is 6. The minimum absolute atomic E-state index is 0.697. The standard InChI is InChI=1S/C40H23N3S2/c1-2-10-24(11-3-1)25-18-20-26(21-19-25)37-36-30-14-6-9-17-34(30)45-39(36)42-40(41-37)43-31-15-7-4-13-29(31)35-32(43)23-22-28-27-12-5-8-16-33(27)44-38(28)35/h1-23H. The van der Waals surface area contributed by atoms with Gasteiger partial charge >= 0.3 is 0 Å². The van der Waals surface area contributed by atoms with E-state index in [1.54, 1.807) is 11.3 Å². The Balaban J connectivity index is 1.28. The minimum Gasteiger partial charge on any atom is -0.278 e. The molecule has 4 heterocycles. The first-order chi connectivity index (χ1) is 22.3. The molecule has 0 radical (unpaired) electrons. The van der Waals surface area contributed by atoms with Crippen LogP contribution in [0.25, 0.3) is 90.6 Å². The van der Waals surface area contributed by atoms with Gasteiger partial charge in [0.2, 0.25) is 5.95 Å². The van der Waals surface area contributed by atoms with Crippen LogP contribution in [0.5, 0.6) is 0 Å². The highest BCUT2D eigenvalue weighted by molar-refractivity contribution is 7.27. The Morgan fingerprint density at radius 1 is 0.422 bits per heavy atom. The quantitative estimate of drug-likeness (QED) is 0.199. The summed E-state index contributed by atoms with van der Waals surface area (Å²) in [5.41, 5.74) is 6.68. The first-order valence-corrected chi connectivity index (χ1v) is 16.6. The van der Waals surface area contributed by atoms with E-state index < -0.39 is 0 Å². The van der Waals surface area contributed by atoms with E-state index in [2.05, 4.69) is 144 Å². The summed E-state index contributed by atoms with van der Waals surface area (Å²) in [6, 6.07) is 49.8. The van der Waals surface area contributed by atoms with Gasteiger partial charge in [0, 0.05) is 52.0 Å². The number of aromatic nitrogens is 3. The van der Waals surface area contributed by atoms with Gasteiger partial charge in [-0.2, -0.15) is 0 Å². The Morgan fingerprint density at radius 3 is 1.89 bits per heavy atom. The molecule has 0 amide bonds. The summed E-state index contributed by atoms with van der Waals surface area (Å²) in [5, 5.41) is 7.39. The molecule has 0 atom stereocenters.